The van der Waals surface area contributed by atoms with Crippen LogP contribution in [-0.4, -0.2) is 44.6 Å². The lowest BCUT2D eigenvalue weighted by molar-refractivity contribution is -0.118. The Hall–Kier alpha value is -2.54. The molecule has 0 saturated heterocycles. The van der Waals surface area contributed by atoms with Gasteiger partial charge in [0.15, 0.2) is 23.0 Å². The fourth-order valence-corrected chi connectivity index (χ4v) is 5.33. The molecule has 3 aliphatic rings. The van der Waals surface area contributed by atoms with Gasteiger partial charge < -0.3 is 24.3 Å². The summed E-state index contributed by atoms with van der Waals surface area (Å²) in [5.74, 6) is 3.56. The van der Waals surface area contributed by atoms with Crippen molar-refractivity contribution in [3.05, 3.63) is 42.0 Å². The van der Waals surface area contributed by atoms with E-state index in [0.29, 0.717) is 38.7 Å². The van der Waals surface area contributed by atoms with Gasteiger partial charge in [-0.3, -0.25) is 4.79 Å². The lowest BCUT2D eigenvalue weighted by Crippen LogP contribution is -2.39. The molecule has 2 aliphatic heterocycles. The van der Waals surface area contributed by atoms with E-state index >= 15 is 0 Å². The highest BCUT2D eigenvalue weighted by atomic mass is 32.2. The number of hydrogen-bond donors (Lipinski definition) is 1. The van der Waals surface area contributed by atoms with Crippen LogP contribution in [-0.2, 0) is 10.2 Å². The molecule has 5 rings (SSSR count). The molecule has 2 aromatic carbocycles. The first-order valence-electron chi connectivity index (χ1n) is 10.9. The number of fused-ring (bicyclic) bond motifs is 2. The van der Waals surface area contributed by atoms with Crippen LogP contribution in [0.2, 0.25) is 0 Å². The molecule has 0 atom stereocenters. The first-order chi connectivity index (χ1) is 15.2. The molecular formula is C24H27NO5S. The Bertz CT molecular complexity index is 957. The van der Waals surface area contributed by atoms with E-state index < -0.39 is 0 Å². The van der Waals surface area contributed by atoms with Crippen LogP contribution in [0.3, 0.4) is 0 Å². The fourth-order valence-electron chi connectivity index (χ4n) is 4.57. The highest BCUT2D eigenvalue weighted by molar-refractivity contribution is 8.00. The minimum Gasteiger partial charge on any atom is -0.486 e. The van der Waals surface area contributed by atoms with Gasteiger partial charge in [-0.25, -0.2) is 0 Å². The van der Waals surface area contributed by atoms with Crippen molar-refractivity contribution in [1.82, 2.24) is 5.32 Å². The van der Waals surface area contributed by atoms with Crippen LogP contribution < -0.4 is 24.3 Å². The van der Waals surface area contributed by atoms with Gasteiger partial charge >= 0.3 is 0 Å². The number of nitrogens with one attached hydrogen (secondary N) is 1. The predicted molar refractivity (Wildman–Crippen MR) is 119 cm³/mol. The lowest BCUT2D eigenvalue weighted by Gasteiger charge is -2.31. The van der Waals surface area contributed by atoms with Crippen LogP contribution in [0.25, 0.3) is 0 Å². The van der Waals surface area contributed by atoms with Crippen molar-refractivity contribution < 1.29 is 23.7 Å². The molecule has 7 heteroatoms. The fraction of sp³-hybridized carbons (Fsp3) is 0.458. The molecular weight excluding hydrogens is 414 g/mol. The second kappa shape index (κ2) is 8.91. The zero-order valence-corrected chi connectivity index (χ0v) is 18.3. The molecule has 1 amide bonds. The zero-order chi connectivity index (χ0) is 21.1. The lowest BCUT2D eigenvalue weighted by atomic mass is 9.78. The van der Waals surface area contributed by atoms with Crippen molar-refractivity contribution >= 4 is 17.7 Å². The molecule has 1 fully saturated rings. The molecule has 2 heterocycles. The standard InChI is InChI=1S/C24H27NO5S/c26-23(15-31-18-4-6-20-22(14-18)30-12-10-28-20)25-16-24(7-1-2-8-24)17-3-5-19-21(13-17)29-11-9-27-19/h3-6,13-14H,1-2,7-12,15-16H2,(H,25,26). The van der Waals surface area contributed by atoms with Gasteiger partial charge in [-0.1, -0.05) is 18.9 Å². The topological polar surface area (TPSA) is 66.0 Å². The summed E-state index contributed by atoms with van der Waals surface area (Å²) in [7, 11) is 0. The number of ether oxygens (including phenoxy) is 4. The van der Waals surface area contributed by atoms with Gasteiger partial charge in [-0.2, -0.15) is 0 Å². The molecule has 31 heavy (non-hydrogen) atoms. The van der Waals surface area contributed by atoms with E-state index in [9.17, 15) is 4.79 Å². The summed E-state index contributed by atoms with van der Waals surface area (Å²) in [4.78, 5) is 13.6. The molecule has 164 valence electrons. The van der Waals surface area contributed by atoms with Crippen LogP contribution in [0.4, 0.5) is 0 Å². The maximum atomic E-state index is 12.6. The second-order valence-electron chi connectivity index (χ2n) is 8.22. The quantitative estimate of drug-likeness (QED) is 0.685. The van der Waals surface area contributed by atoms with E-state index in [2.05, 4.69) is 17.4 Å². The Kier molecular flexibility index (Phi) is 5.85. The maximum absolute atomic E-state index is 12.6. The van der Waals surface area contributed by atoms with Crippen LogP contribution in [0, 0.1) is 0 Å². The first-order valence-corrected chi connectivity index (χ1v) is 11.9. The summed E-state index contributed by atoms with van der Waals surface area (Å²) in [6.45, 7) is 2.95. The molecule has 0 bridgehead atoms. The number of carbonyl (C=O) groups excluding carboxylic acids is 1. The average molecular weight is 442 g/mol. The van der Waals surface area contributed by atoms with Gasteiger partial charge in [-0.05, 0) is 48.7 Å². The van der Waals surface area contributed by atoms with Gasteiger partial charge in [0, 0.05) is 16.9 Å². The minimum absolute atomic E-state index is 0.0346. The molecule has 0 aromatic heterocycles. The molecule has 6 nitrogen and oxygen atoms in total. The van der Waals surface area contributed by atoms with E-state index in [1.54, 1.807) is 0 Å². The number of hydrogen-bond acceptors (Lipinski definition) is 6. The summed E-state index contributed by atoms with van der Waals surface area (Å²) in [5.41, 5.74) is 1.20. The smallest absolute Gasteiger partial charge is 0.230 e. The van der Waals surface area contributed by atoms with Gasteiger partial charge in [0.2, 0.25) is 5.91 Å². The summed E-state index contributed by atoms with van der Waals surface area (Å²) in [5, 5.41) is 3.19. The van der Waals surface area contributed by atoms with Crippen molar-refractivity contribution in [3.63, 3.8) is 0 Å². The summed E-state index contributed by atoms with van der Waals surface area (Å²) in [6.07, 6.45) is 4.50. The van der Waals surface area contributed by atoms with E-state index in [1.165, 1.54) is 30.2 Å². The Morgan fingerprint density at radius 3 is 2.16 bits per heavy atom. The Balaban J connectivity index is 1.21. The normalized spacial score (nSPS) is 18.5. The number of carbonyl (C=O) groups is 1. The summed E-state index contributed by atoms with van der Waals surface area (Å²) < 4.78 is 22.6. The first kappa shape index (κ1) is 20.4. The van der Waals surface area contributed by atoms with Crippen LogP contribution in [0.5, 0.6) is 23.0 Å². The average Bonchev–Trinajstić information content (AvgIpc) is 3.31. The molecule has 0 unspecified atom stereocenters. The zero-order valence-electron chi connectivity index (χ0n) is 17.5. The van der Waals surface area contributed by atoms with Crippen molar-refractivity contribution in [2.24, 2.45) is 0 Å². The minimum atomic E-state index is -0.0346. The second-order valence-corrected chi connectivity index (χ2v) is 9.27. The van der Waals surface area contributed by atoms with Gasteiger partial charge in [-0.15, -0.1) is 11.8 Å². The Morgan fingerprint density at radius 2 is 1.45 bits per heavy atom. The van der Waals surface area contributed by atoms with Crippen molar-refractivity contribution in [1.29, 1.82) is 0 Å². The molecule has 1 N–H and O–H groups in total. The number of amides is 1. The predicted octanol–water partition coefficient (Wildman–Crippen LogP) is 3.95. The number of benzene rings is 2. The largest absolute Gasteiger partial charge is 0.486 e. The van der Waals surface area contributed by atoms with Gasteiger partial charge in [0.1, 0.15) is 26.4 Å². The highest BCUT2D eigenvalue weighted by Crippen LogP contribution is 2.44. The van der Waals surface area contributed by atoms with Crippen LogP contribution in [0.1, 0.15) is 31.2 Å². The van der Waals surface area contributed by atoms with Crippen LogP contribution >= 0.6 is 11.8 Å². The van der Waals surface area contributed by atoms with Crippen molar-refractivity contribution in [2.45, 2.75) is 36.0 Å². The van der Waals surface area contributed by atoms with Gasteiger partial charge in [0.05, 0.1) is 5.75 Å². The number of rotatable bonds is 6. The third-order valence-electron chi connectivity index (χ3n) is 6.22. The Morgan fingerprint density at radius 1 is 0.839 bits per heavy atom. The molecule has 1 saturated carbocycles. The Labute approximate surface area is 186 Å². The molecule has 0 spiro atoms. The maximum Gasteiger partial charge on any atom is 0.230 e. The van der Waals surface area contributed by atoms with E-state index in [4.69, 9.17) is 18.9 Å². The monoisotopic (exact) mass is 441 g/mol. The van der Waals surface area contributed by atoms with E-state index in [1.807, 2.05) is 24.3 Å². The third-order valence-corrected chi connectivity index (χ3v) is 7.22. The van der Waals surface area contributed by atoms with E-state index in [0.717, 1.165) is 40.7 Å². The third kappa shape index (κ3) is 4.42. The SMILES string of the molecule is O=C(CSc1ccc2c(c1)OCCO2)NCC1(c2ccc3c(c2)OCCO3)CCCC1. The highest BCUT2D eigenvalue weighted by Gasteiger charge is 2.36. The van der Waals surface area contributed by atoms with Crippen molar-refractivity contribution in [3.8, 4) is 23.0 Å². The van der Waals surface area contributed by atoms with Gasteiger partial charge in [0.25, 0.3) is 0 Å². The summed E-state index contributed by atoms with van der Waals surface area (Å²) in [6, 6.07) is 12.1. The number of thioether (sulfide) groups is 1. The van der Waals surface area contributed by atoms with Crippen LogP contribution in [0.15, 0.2) is 41.3 Å². The van der Waals surface area contributed by atoms with Crippen molar-refractivity contribution in [2.75, 3.05) is 38.7 Å². The molecule has 2 aromatic rings. The summed E-state index contributed by atoms with van der Waals surface area (Å²) >= 11 is 1.51. The molecule has 0 radical (unpaired) electrons. The molecule has 1 aliphatic carbocycles. The van der Waals surface area contributed by atoms with E-state index in [-0.39, 0.29) is 11.3 Å².